The largest absolute Gasteiger partial charge is 0.315 e. The highest BCUT2D eigenvalue weighted by Gasteiger charge is 2.21. The second-order valence-corrected chi connectivity index (χ2v) is 6.80. The fourth-order valence-electron chi connectivity index (χ4n) is 1.75. The molecular formula is C11H16N4O2S2. The highest BCUT2D eigenvalue weighted by molar-refractivity contribution is 7.93. The van der Waals surface area contributed by atoms with Gasteiger partial charge in [-0.3, -0.25) is 9.82 Å². The van der Waals surface area contributed by atoms with Crippen molar-refractivity contribution < 1.29 is 8.42 Å². The molecule has 2 rings (SSSR count). The van der Waals surface area contributed by atoms with Crippen LogP contribution in [0.3, 0.4) is 0 Å². The van der Waals surface area contributed by atoms with Gasteiger partial charge in [0.15, 0.2) is 0 Å². The van der Waals surface area contributed by atoms with Gasteiger partial charge in [0.25, 0.3) is 10.0 Å². The zero-order chi connectivity index (χ0) is 14.0. The maximum absolute atomic E-state index is 12.4. The van der Waals surface area contributed by atoms with Gasteiger partial charge >= 0.3 is 0 Å². The molecule has 0 aliphatic heterocycles. The summed E-state index contributed by atoms with van der Waals surface area (Å²) in [5, 5.41) is 11.5. The van der Waals surface area contributed by atoms with E-state index in [4.69, 9.17) is 0 Å². The van der Waals surface area contributed by atoms with Crippen molar-refractivity contribution >= 4 is 27.0 Å². The normalized spacial score (nSPS) is 11.7. The lowest BCUT2D eigenvalue weighted by Crippen LogP contribution is -2.16. The first-order valence-corrected chi connectivity index (χ1v) is 8.07. The summed E-state index contributed by atoms with van der Waals surface area (Å²) in [6.45, 7) is 4.06. The zero-order valence-electron chi connectivity index (χ0n) is 10.9. The van der Waals surface area contributed by atoms with Gasteiger partial charge in [0.2, 0.25) is 0 Å². The molecule has 0 saturated heterocycles. The molecule has 0 atom stereocenters. The predicted octanol–water partition coefficient (Wildman–Crippen LogP) is 1.61. The van der Waals surface area contributed by atoms with Crippen molar-refractivity contribution in [2.75, 3.05) is 11.8 Å². The number of anilines is 1. The molecular weight excluding hydrogens is 284 g/mol. The van der Waals surface area contributed by atoms with E-state index in [2.05, 4.69) is 20.2 Å². The van der Waals surface area contributed by atoms with Crippen LogP contribution >= 0.6 is 11.3 Å². The number of thiophene rings is 1. The molecule has 8 heteroatoms. The summed E-state index contributed by atoms with van der Waals surface area (Å²) in [6.07, 6.45) is 0. The maximum Gasteiger partial charge on any atom is 0.263 e. The number of aromatic amines is 1. The minimum absolute atomic E-state index is 0.312. The Balaban J connectivity index is 2.35. The zero-order valence-corrected chi connectivity index (χ0v) is 12.6. The highest BCUT2D eigenvalue weighted by Crippen LogP contribution is 2.26. The molecule has 0 radical (unpaired) electrons. The standard InChI is InChI=1S/C11H16N4O2S2/c1-7-11(8(2)14-13-7)15-19(16,17)10-4-5-18-9(10)6-12-3/h4-5,12,15H,6H2,1-3H3,(H,13,14). The summed E-state index contributed by atoms with van der Waals surface area (Å²) in [4.78, 5) is 1.10. The summed E-state index contributed by atoms with van der Waals surface area (Å²) in [5.74, 6) is 0. The van der Waals surface area contributed by atoms with Crippen LogP contribution in [0.2, 0.25) is 0 Å². The van der Waals surface area contributed by atoms with Crippen LogP contribution in [0, 0.1) is 13.8 Å². The van der Waals surface area contributed by atoms with E-state index in [9.17, 15) is 8.42 Å². The van der Waals surface area contributed by atoms with E-state index in [1.807, 2.05) is 0 Å². The Labute approximate surface area is 116 Å². The minimum Gasteiger partial charge on any atom is -0.315 e. The van der Waals surface area contributed by atoms with Crippen LogP contribution in [0.5, 0.6) is 0 Å². The van der Waals surface area contributed by atoms with E-state index in [1.165, 1.54) is 11.3 Å². The van der Waals surface area contributed by atoms with E-state index in [1.54, 1.807) is 32.3 Å². The van der Waals surface area contributed by atoms with Crippen LogP contribution < -0.4 is 10.0 Å². The van der Waals surface area contributed by atoms with Crippen molar-refractivity contribution in [2.24, 2.45) is 0 Å². The molecule has 0 aromatic carbocycles. The van der Waals surface area contributed by atoms with Crippen LogP contribution in [-0.2, 0) is 16.6 Å². The monoisotopic (exact) mass is 300 g/mol. The molecule has 0 fully saturated rings. The molecule has 0 amide bonds. The number of H-pyrrole nitrogens is 1. The fraction of sp³-hybridized carbons (Fsp3) is 0.364. The summed E-state index contributed by atoms with van der Waals surface area (Å²) in [7, 11) is -1.79. The van der Waals surface area contributed by atoms with Crippen LogP contribution in [0.25, 0.3) is 0 Å². The Hall–Kier alpha value is -1.38. The van der Waals surface area contributed by atoms with Crippen molar-refractivity contribution in [3.05, 3.63) is 27.7 Å². The van der Waals surface area contributed by atoms with Gasteiger partial charge in [-0.05, 0) is 32.3 Å². The molecule has 0 bridgehead atoms. The highest BCUT2D eigenvalue weighted by atomic mass is 32.2. The molecule has 104 valence electrons. The van der Waals surface area contributed by atoms with Gasteiger partial charge in [-0.1, -0.05) is 0 Å². The Morgan fingerprint density at radius 1 is 1.42 bits per heavy atom. The lowest BCUT2D eigenvalue weighted by Gasteiger charge is -2.08. The first-order chi connectivity index (χ1) is 8.95. The van der Waals surface area contributed by atoms with E-state index < -0.39 is 10.0 Å². The molecule has 2 heterocycles. The lowest BCUT2D eigenvalue weighted by atomic mass is 10.3. The third-order valence-corrected chi connectivity index (χ3v) is 5.18. The molecule has 2 aromatic rings. The molecule has 0 aliphatic rings. The first-order valence-electron chi connectivity index (χ1n) is 5.71. The average molecular weight is 300 g/mol. The second-order valence-electron chi connectivity index (χ2n) is 4.15. The van der Waals surface area contributed by atoms with Gasteiger partial charge in [0.1, 0.15) is 4.90 Å². The smallest absolute Gasteiger partial charge is 0.263 e. The Morgan fingerprint density at radius 2 is 2.16 bits per heavy atom. The van der Waals surface area contributed by atoms with Gasteiger partial charge in [-0.25, -0.2) is 8.42 Å². The molecule has 0 aliphatic carbocycles. The summed E-state index contributed by atoms with van der Waals surface area (Å²) in [6, 6.07) is 1.62. The van der Waals surface area contributed by atoms with Crippen molar-refractivity contribution in [2.45, 2.75) is 25.3 Å². The molecule has 2 aromatic heterocycles. The number of hydrogen-bond acceptors (Lipinski definition) is 5. The van der Waals surface area contributed by atoms with E-state index in [0.29, 0.717) is 28.5 Å². The van der Waals surface area contributed by atoms with Crippen molar-refractivity contribution in [3.63, 3.8) is 0 Å². The summed E-state index contributed by atoms with van der Waals surface area (Å²) >= 11 is 1.42. The number of aromatic nitrogens is 2. The summed E-state index contributed by atoms with van der Waals surface area (Å²) < 4.78 is 27.4. The van der Waals surface area contributed by atoms with E-state index >= 15 is 0 Å². The molecule has 0 saturated carbocycles. The number of rotatable bonds is 5. The number of nitrogens with one attached hydrogen (secondary N) is 3. The molecule has 6 nitrogen and oxygen atoms in total. The molecule has 3 N–H and O–H groups in total. The minimum atomic E-state index is -3.58. The maximum atomic E-state index is 12.4. The summed E-state index contributed by atoms with van der Waals surface area (Å²) in [5.41, 5.74) is 1.85. The van der Waals surface area contributed by atoms with Crippen LogP contribution in [0.1, 0.15) is 16.3 Å². The number of hydrogen-bond donors (Lipinski definition) is 3. The lowest BCUT2D eigenvalue weighted by molar-refractivity contribution is 0.600. The average Bonchev–Trinajstić information content (AvgIpc) is 2.92. The predicted molar refractivity (Wildman–Crippen MR) is 76.0 cm³/mol. The first kappa shape index (κ1) is 14.0. The van der Waals surface area contributed by atoms with Gasteiger partial charge < -0.3 is 5.32 Å². The number of sulfonamides is 1. The number of aryl methyl sites for hydroxylation is 2. The van der Waals surface area contributed by atoms with Gasteiger partial charge in [0, 0.05) is 11.4 Å². The fourth-order valence-corrected chi connectivity index (χ4v) is 4.39. The van der Waals surface area contributed by atoms with Crippen LogP contribution in [0.4, 0.5) is 5.69 Å². The second kappa shape index (κ2) is 5.32. The topological polar surface area (TPSA) is 86.9 Å². The van der Waals surface area contributed by atoms with Crippen LogP contribution in [-0.4, -0.2) is 25.7 Å². The van der Waals surface area contributed by atoms with Gasteiger partial charge in [0.05, 0.1) is 17.1 Å². The van der Waals surface area contributed by atoms with Gasteiger partial charge in [-0.2, -0.15) is 5.10 Å². The SMILES string of the molecule is CNCc1sccc1S(=O)(=O)Nc1c(C)n[nH]c1C. The Morgan fingerprint density at radius 3 is 2.74 bits per heavy atom. The third kappa shape index (κ3) is 2.80. The van der Waals surface area contributed by atoms with Gasteiger partial charge in [-0.15, -0.1) is 11.3 Å². The quantitative estimate of drug-likeness (QED) is 0.783. The molecule has 0 unspecified atom stereocenters. The van der Waals surface area contributed by atoms with E-state index in [0.717, 1.165) is 4.88 Å². The van der Waals surface area contributed by atoms with Crippen molar-refractivity contribution in [1.82, 2.24) is 15.5 Å². The number of nitrogens with zero attached hydrogens (tertiary/aromatic N) is 1. The van der Waals surface area contributed by atoms with Crippen molar-refractivity contribution in [1.29, 1.82) is 0 Å². The Bertz CT molecular complexity index is 653. The Kier molecular flexibility index (Phi) is 3.93. The third-order valence-electron chi connectivity index (χ3n) is 2.70. The molecule has 0 spiro atoms. The van der Waals surface area contributed by atoms with Crippen molar-refractivity contribution in [3.8, 4) is 0 Å². The molecule has 19 heavy (non-hydrogen) atoms. The van der Waals surface area contributed by atoms with Crippen LogP contribution in [0.15, 0.2) is 16.3 Å². The van der Waals surface area contributed by atoms with E-state index in [-0.39, 0.29) is 0 Å².